The van der Waals surface area contributed by atoms with Crippen molar-refractivity contribution in [2.75, 3.05) is 13.6 Å². The normalized spacial score (nSPS) is 25.6. The minimum absolute atomic E-state index is 0.457. The summed E-state index contributed by atoms with van der Waals surface area (Å²) in [5.74, 6) is 0.800. The van der Waals surface area contributed by atoms with Crippen molar-refractivity contribution in [3.05, 3.63) is 18.0 Å². The van der Waals surface area contributed by atoms with Crippen LogP contribution in [0, 0.1) is 5.92 Å². The quantitative estimate of drug-likeness (QED) is 0.787. The SMILES string of the molecule is CN(Cc1ccn(C)n1)CC1CC(N)C1. The molecule has 1 saturated carbocycles. The third kappa shape index (κ3) is 2.79. The Kier molecular flexibility index (Phi) is 3.07. The van der Waals surface area contributed by atoms with Crippen molar-refractivity contribution in [2.45, 2.75) is 25.4 Å². The van der Waals surface area contributed by atoms with Crippen LogP contribution >= 0.6 is 0 Å². The molecule has 0 atom stereocenters. The van der Waals surface area contributed by atoms with Gasteiger partial charge in [-0.3, -0.25) is 4.68 Å². The first kappa shape index (κ1) is 10.6. The number of nitrogens with zero attached hydrogens (tertiary/aromatic N) is 3. The largest absolute Gasteiger partial charge is 0.328 e. The Bertz CT molecular complexity index is 314. The van der Waals surface area contributed by atoms with Crippen LogP contribution in [0.4, 0.5) is 0 Å². The molecule has 1 heterocycles. The van der Waals surface area contributed by atoms with Crippen LogP contribution < -0.4 is 5.73 Å². The lowest BCUT2D eigenvalue weighted by Crippen LogP contribution is -2.41. The van der Waals surface area contributed by atoms with E-state index in [9.17, 15) is 0 Å². The molecule has 2 rings (SSSR count). The minimum Gasteiger partial charge on any atom is -0.328 e. The number of nitrogens with two attached hydrogens (primary N) is 1. The van der Waals surface area contributed by atoms with Gasteiger partial charge < -0.3 is 10.6 Å². The van der Waals surface area contributed by atoms with Crippen LogP contribution in [0.5, 0.6) is 0 Å². The third-order valence-electron chi connectivity index (χ3n) is 3.04. The maximum Gasteiger partial charge on any atom is 0.0764 e. The highest BCUT2D eigenvalue weighted by Crippen LogP contribution is 2.26. The molecule has 0 radical (unpaired) electrons. The number of hydrogen-bond acceptors (Lipinski definition) is 3. The lowest BCUT2D eigenvalue weighted by molar-refractivity contribution is 0.177. The van der Waals surface area contributed by atoms with E-state index in [2.05, 4.69) is 23.1 Å². The monoisotopic (exact) mass is 208 g/mol. The molecule has 1 aliphatic carbocycles. The van der Waals surface area contributed by atoms with Gasteiger partial charge in [-0.1, -0.05) is 0 Å². The van der Waals surface area contributed by atoms with Crippen LogP contribution in [0.3, 0.4) is 0 Å². The van der Waals surface area contributed by atoms with E-state index in [1.54, 1.807) is 0 Å². The number of rotatable bonds is 4. The van der Waals surface area contributed by atoms with Crippen LogP contribution in [0.15, 0.2) is 12.3 Å². The van der Waals surface area contributed by atoms with E-state index in [-0.39, 0.29) is 0 Å². The fraction of sp³-hybridized carbons (Fsp3) is 0.727. The molecule has 0 aromatic carbocycles. The molecule has 4 heteroatoms. The highest BCUT2D eigenvalue weighted by molar-refractivity contribution is 4.98. The van der Waals surface area contributed by atoms with Gasteiger partial charge in [0.2, 0.25) is 0 Å². The summed E-state index contributed by atoms with van der Waals surface area (Å²) < 4.78 is 1.85. The second-order valence-electron chi connectivity index (χ2n) is 4.78. The van der Waals surface area contributed by atoms with Gasteiger partial charge in [-0.2, -0.15) is 5.10 Å². The summed E-state index contributed by atoms with van der Waals surface area (Å²) in [6.45, 7) is 2.08. The Balaban J connectivity index is 1.75. The predicted octanol–water partition coefficient (Wildman–Crippen LogP) is 0.589. The van der Waals surface area contributed by atoms with Gasteiger partial charge in [0.15, 0.2) is 0 Å². The van der Waals surface area contributed by atoms with Gasteiger partial charge in [-0.05, 0) is 31.9 Å². The van der Waals surface area contributed by atoms with E-state index < -0.39 is 0 Å². The smallest absolute Gasteiger partial charge is 0.0764 e. The van der Waals surface area contributed by atoms with Crippen molar-refractivity contribution in [3.63, 3.8) is 0 Å². The van der Waals surface area contributed by atoms with Crippen molar-refractivity contribution in [1.82, 2.24) is 14.7 Å². The summed E-state index contributed by atoms with van der Waals surface area (Å²) in [4.78, 5) is 2.33. The maximum atomic E-state index is 5.77. The zero-order valence-corrected chi connectivity index (χ0v) is 9.56. The lowest BCUT2D eigenvalue weighted by atomic mass is 9.80. The molecule has 2 N–H and O–H groups in total. The molecule has 0 aliphatic heterocycles. The Morgan fingerprint density at radius 1 is 1.60 bits per heavy atom. The number of aromatic nitrogens is 2. The van der Waals surface area contributed by atoms with Crippen molar-refractivity contribution >= 4 is 0 Å². The summed E-state index contributed by atoms with van der Waals surface area (Å²) in [6.07, 6.45) is 4.36. The zero-order chi connectivity index (χ0) is 10.8. The van der Waals surface area contributed by atoms with Gasteiger partial charge in [0.25, 0.3) is 0 Å². The fourth-order valence-electron chi connectivity index (χ4n) is 2.27. The van der Waals surface area contributed by atoms with Gasteiger partial charge in [-0.25, -0.2) is 0 Å². The molecule has 4 nitrogen and oxygen atoms in total. The molecule has 0 saturated heterocycles. The van der Waals surface area contributed by atoms with Crippen LogP contribution in [0.25, 0.3) is 0 Å². The first-order valence-corrected chi connectivity index (χ1v) is 5.56. The molecule has 0 bridgehead atoms. The summed E-state index contributed by atoms with van der Waals surface area (Å²) in [5.41, 5.74) is 6.91. The topological polar surface area (TPSA) is 47.1 Å². The van der Waals surface area contributed by atoms with Crippen molar-refractivity contribution in [3.8, 4) is 0 Å². The van der Waals surface area contributed by atoms with Crippen LogP contribution in [-0.2, 0) is 13.6 Å². The standard InChI is InChI=1S/C11H20N4/c1-14(7-9-5-10(12)6-9)8-11-3-4-15(2)13-11/h3-4,9-10H,5-8,12H2,1-2H3. The maximum absolute atomic E-state index is 5.77. The molecule has 1 fully saturated rings. The van der Waals surface area contributed by atoms with E-state index in [0.717, 1.165) is 24.7 Å². The van der Waals surface area contributed by atoms with Gasteiger partial charge in [0.1, 0.15) is 0 Å². The van der Waals surface area contributed by atoms with E-state index >= 15 is 0 Å². The second kappa shape index (κ2) is 4.33. The lowest BCUT2D eigenvalue weighted by Gasteiger charge is -2.35. The highest BCUT2D eigenvalue weighted by atomic mass is 15.3. The number of hydrogen-bond donors (Lipinski definition) is 1. The van der Waals surface area contributed by atoms with Crippen molar-refractivity contribution in [2.24, 2.45) is 18.7 Å². The summed E-state index contributed by atoms with van der Waals surface area (Å²) in [6, 6.07) is 2.53. The molecule has 1 aromatic heterocycles. The van der Waals surface area contributed by atoms with Gasteiger partial charge in [-0.15, -0.1) is 0 Å². The van der Waals surface area contributed by atoms with E-state index in [1.165, 1.54) is 12.8 Å². The van der Waals surface area contributed by atoms with E-state index in [1.807, 2.05) is 17.9 Å². The Labute approximate surface area is 91.1 Å². The molecule has 0 amide bonds. The zero-order valence-electron chi connectivity index (χ0n) is 9.56. The van der Waals surface area contributed by atoms with Crippen molar-refractivity contribution in [1.29, 1.82) is 0 Å². The van der Waals surface area contributed by atoms with Gasteiger partial charge in [0, 0.05) is 32.4 Å². The average Bonchev–Trinajstić information content (AvgIpc) is 2.48. The third-order valence-corrected chi connectivity index (χ3v) is 3.04. The first-order chi connectivity index (χ1) is 7.13. The van der Waals surface area contributed by atoms with Gasteiger partial charge >= 0.3 is 0 Å². The molecule has 15 heavy (non-hydrogen) atoms. The van der Waals surface area contributed by atoms with Crippen molar-refractivity contribution < 1.29 is 0 Å². The molecule has 84 valence electrons. The Morgan fingerprint density at radius 3 is 2.87 bits per heavy atom. The van der Waals surface area contributed by atoms with Crippen LogP contribution in [0.1, 0.15) is 18.5 Å². The predicted molar refractivity (Wildman–Crippen MR) is 60.2 cm³/mol. The summed E-state index contributed by atoms with van der Waals surface area (Å²) >= 11 is 0. The molecule has 1 aromatic rings. The first-order valence-electron chi connectivity index (χ1n) is 5.56. The molecular formula is C11H20N4. The second-order valence-corrected chi connectivity index (χ2v) is 4.78. The Morgan fingerprint density at radius 2 is 2.33 bits per heavy atom. The Hall–Kier alpha value is -0.870. The highest BCUT2D eigenvalue weighted by Gasteiger charge is 2.26. The van der Waals surface area contributed by atoms with Gasteiger partial charge in [0.05, 0.1) is 5.69 Å². The minimum atomic E-state index is 0.457. The fourth-order valence-corrected chi connectivity index (χ4v) is 2.27. The molecular weight excluding hydrogens is 188 g/mol. The van der Waals surface area contributed by atoms with E-state index in [0.29, 0.717) is 6.04 Å². The summed E-state index contributed by atoms with van der Waals surface area (Å²) in [7, 11) is 4.10. The van der Waals surface area contributed by atoms with E-state index in [4.69, 9.17) is 5.73 Å². The molecule has 0 unspecified atom stereocenters. The average molecular weight is 208 g/mol. The summed E-state index contributed by atoms with van der Waals surface area (Å²) in [5, 5.41) is 4.37. The van der Waals surface area contributed by atoms with Crippen LogP contribution in [0.2, 0.25) is 0 Å². The van der Waals surface area contributed by atoms with Crippen LogP contribution in [-0.4, -0.2) is 34.3 Å². The number of aryl methyl sites for hydroxylation is 1. The molecule has 1 aliphatic rings. The molecule has 0 spiro atoms.